The molecule has 0 aromatic rings. The highest BCUT2D eigenvalue weighted by molar-refractivity contribution is 8.00. The monoisotopic (exact) mass is 288 g/mol. The van der Waals surface area contributed by atoms with Gasteiger partial charge in [0, 0.05) is 25.3 Å². The maximum absolute atomic E-state index is 11.3. The zero-order chi connectivity index (χ0) is 14.6. The lowest BCUT2D eigenvalue weighted by Gasteiger charge is -2.37. The number of ether oxygens (including phenoxy) is 1. The third kappa shape index (κ3) is 3.71. The molecule has 0 aromatic carbocycles. The second-order valence-electron chi connectivity index (χ2n) is 4.06. The van der Waals surface area contributed by atoms with Crippen LogP contribution >= 0.6 is 11.8 Å². The van der Waals surface area contributed by atoms with Gasteiger partial charge in [-0.25, -0.2) is 4.79 Å². The Bertz CT molecular complexity index is 423. The van der Waals surface area contributed by atoms with E-state index in [-0.39, 0.29) is 12.3 Å². The number of aldehydes is 1. The number of carboxylic acids is 1. The van der Waals surface area contributed by atoms with Gasteiger partial charge in [-0.15, -0.1) is 11.8 Å². The van der Waals surface area contributed by atoms with Gasteiger partial charge >= 0.3 is 11.9 Å². The Morgan fingerprint density at radius 1 is 1.68 bits per heavy atom. The van der Waals surface area contributed by atoms with Crippen LogP contribution < -0.4 is 5.73 Å². The fourth-order valence-corrected chi connectivity index (χ4v) is 2.99. The van der Waals surface area contributed by atoms with Gasteiger partial charge in [0.25, 0.3) is 0 Å². The molecule has 0 saturated heterocycles. The van der Waals surface area contributed by atoms with E-state index in [2.05, 4.69) is 0 Å². The average molecular weight is 288 g/mol. The van der Waals surface area contributed by atoms with Crippen LogP contribution in [0, 0.1) is 0 Å². The third-order valence-electron chi connectivity index (χ3n) is 2.64. The van der Waals surface area contributed by atoms with Crippen LogP contribution in [0.3, 0.4) is 0 Å². The van der Waals surface area contributed by atoms with Gasteiger partial charge in [0.2, 0.25) is 0 Å². The summed E-state index contributed by atoms with van der Waals surface area (Å²) in [7, 11) is 1.55. The van der Waals surface area contributed by atoms with Crippen LogP contribution in [0.5, 0.6) is 0 Å². The molecule has 1 aliphatic heterocycles. The highest BCUT2D eigenvalue weighted by Gasteiger charge is 2.33. The number of aliphatic carboxylic acids is 1. The predicted molar refractivity (Wildman–Crippen MR) is 69.3 cm³/mol. The molecule has 8 heteroatoms. The van der Waals surface area contributed by atoms with Crippen molar-refractivity contribution in [3.63, 3.8) is 0 Å². The Balaban J connectivity index is 2.98. The van der Waals surface area contributed by atoms with E-state index in [4.69, 9.17) is 10.5 Å². The topological polar surface area (TPSA) is 110 Å². The SMILES string of the molecule is CC(=O)OCC1=C(C(=O)O)N(C)[C@@H]([C@H](N)C=O)SC1. The molecule has 7 nitrogen and oxygen atoms in total. The molecule has 0 amide bonds. The standard InChI is InChI=1S/C11H16N2O5S/c1-6(15)18-4-7-5-19-10(8(12)3-14)13(2)9(7)11(16)17/h3,8,10H,4-5,12H2,1-2H3,(H,16,17)/t8-,10-/m1/s1. The summed E-state index contributed by atoms with van der Waals surface area (Å²) in [6, 6.07) is -0.778. The van der Waals surface area contributed by atoms with E-state index >= 15 is 0 Å². The lowest BCUT2D eigenvalue weighted by molar-refractivity contribution is -0.140. The lowest BCUT2D eigenvalue weighted by atomic mass is 10.2. The number of thioether (sulfide) groups is 1. The van der Waals surface area contributed by atoms with E-state index in [1.807, 2.05) is 0 Å². The number of carbonyl (C=O) groups is 3. The molecule has 106 valence electrons. The van der Waals surface area contributed by atoms with E-state index < -0.39 is 23.4 Å². The van der Waals surface area contributed by atoms with Crippen molar-refractivity contribution in [2.24, 2.45) is 5.73 Å². The molecule has 1 rings (SSSR count). The first-order valence-corrected chi connectivity index (χ1v) is 6.57. The summed E-state index contributed by atoms with van der Waals surface area (Å²) in [5, 5.41) is 8.80. The highest BCUT2D eigenvalue weighted by atomic mass is 32.2. The summed E-state index contributed by atoms with van der Waals surface area (Å²) >= 11 is 1.34. The molecule has 1 aliphatic rings. The molecular weight excluding hydrogens is 272 g/mol. The first kappa shape index (κ1) is 15.5. The molecule has 0 radical (unpaired) electrons. The van der Waals surface area contributed by atoms with Gasteiger partial charge in [-0.2, -0.15) is 0 Å². The second-order valence-corrected chi connectivity index (χ2v) is 5.17. The zero-order valence-corrected chi connectivity index (χ0v) is 11.5. The smallest absolute Gasteiger partial charge is 0.352 e. The second kappa shape index (κ2) is 6.58. The number of carboxylic acid groups (broad SMARTS) is 1. The van der Waals surface area contributed by atoms with Crippen molar-refractivity contribution >= 4 is 30.0 Å². The van der Waals surface area contributed by atoms with Crippen LogP contribution in [0.4, 0.5) is 0 Å². The normalized spacial score (nSPS) is 21.0. The maximum atomic E-state index is 11.3. The molecule has 2 atom stereocenters. The fraction of sp³-hybridized carbons (Fsp3) is 0.545. The maximum Gasteiger partial charge on any atom is 0.352 e. The molecule has 0 bridgehead atoms. The molecule has 3 N–H and O–H groups in total. The molecule has 0 fully saturated rings. The summed E-state index contributed by atoms with van der Waals surface area (Å²) in [4.78, 5) is 34.2. The largest absolute Gasteiger partial charge is 0.477 e. The summed E-state index contributed by atoms with van der Waals surface area (Å²) in [6.45, 7) is 1.18. The quantitative estimate of drug-likeness (QED) is 0.510. The van der Waals surface area contributed by atoms with Crippen molar-refractivity contribution in [2.45, 2.75) is 18.3 Å². The number of likely N-dealkylation sites (N-methyl/N-ethyl adjacent to an activating group) is 1. The number of hydrogen-bond acceptors (Lipinski definition) is 7. The van der Waals surface area contributed by atoms with Crippen LogP contribution in [0.15, 0.2) is 11.3 Å². The third-order valence-corrected chi connectivity index (χ3v) is 4.12. The van der Waals surface area contributed by atoms with E-state index in [0.717, 1.165) is 0 Å². The van der Waals surface area contributed by atoms with Gasteiger partial charge in [-0.3, -0.25) is 4.79 Å². The minimum atomic E-state index is -1.13. The van der Waals surface area contributed by atoms with Gasteiger partial charge in [-0.1, -0.05) is 0 Å². The van der Waals surface area contributed by atoms with Crippen molar-refractivity contribution in [2.75, 3.05) is 19.4 Å². The van der Waals surface area contributed by atoms with Crippen LogP contribution in [-0.2, 0) is 19.1 Å². The Kier molecular flexibility index (Phi) is 5.37. The molecule has 0 aliphatic carbocycles. The molecule has 0 spiro atoms. The van der Waals surface area contributed by atoms with E-state index in [1.54, 1.807) is 7.05 Å². The highest BCUT2D eigenvalue weighted by Crippen LogP contribution is 2.30. The number of rotatable bonds is 5. The summed E-state index contributed by atoms with van der Waals surface area (Å²) in [5.41, 5.74) is 6.16. The van der Waals surface area contributed by atoms with Crippen LogP contribution in [-0.4, -0.2) is 59.1 Å². The van der Waals surface area contributed by atoms with Crippen molar-refractivity contribution in [1.29, 1.82) is 0 Å². The Hall–Kier alpha value is -1.54. The van der Waals surface area contributed by atoms with Crippen molar-refractivity contribution in [3.8, 4) is 0 Å². The van der Waals surface area contributed by atoms with Crippen molar-refractivity contribution in [3.05, 3.63) is 11.3 Å². The lowest BCUT2D eigenvalue weighted by Crippen LogP contribution is -2.48. The summed E-state index contributed by atoms with van der Waals surface area (Å²) in [5.74, 6) is -1.25. The number of carbonyl (C=O) groups excluding carboxylic acids is 2. The first-order chi connectivity index (χ1) is 8.88. The fourth-order valence-electron chi connectivity index (χ4n) is 1.78. The van der Waals surface area contributed by atoms with E-state index in [1.165, 1.54) is 23.6 Å². The van der Waals surface area contributed by atoms with Gasteiger partial charge in [0.1, 0.15) is 18.6 Å². The zero-order valence-electron chi connectivity index (χ0n) is 10.7. The number of nitrogens with zero attached hydrogens (tertiary/aromatic N) is 1. The van der Waals surface area contributed by atoms with Crippen molar-refractivity contribution < 1.29 is 24.2 Å². The van der Waals surface area contributed by atoms with Gasteiger partial charge in [-0.05, 0) is 0 Å². The van der Waals surface area contributed by atoms with Crippen LogP contribution in [0.1, 0.15) is 6.92 Å². The Morgan fingerprint density at radius 3 is 2.79 bits per heavy atom. The first-order valence-electron chi connectivity index (χ1n) is 5.52. The molecule has 19 heavy (non-hydrogen) atoms. The summed E-state index contributed by atoms with van der Waals surface area (Å²) in [6.07, 6.45) is 0.588. The Labute approximate surface area is 114 Å². The molecule has 0 unspecified atom stereocenters. The number of esters is 1. The predicted octanol–water partition coefficient (Wildman–Crippen LogP) is -0.581. The number of nitrogens with two attached hydrogens (primary N) is 1. The summed E-state index contributed by atoms with van der Waals surface area (Å²) < 4.78 is 4.83. The van der Waals surface area contributed by atoms with Crippen LogP contribution in [0.25, 0.3) is 0 Å². The van der Waals surface area contributed by atoms with E-state index in [0.29, 0.717) is 17.6 Å². The minimum absolute atomic E-state index is 0.0299. The van der Waals surface area contributed by atoms with Crippen LogP contribution in [0.2, 0.25) is 0 Å². The van der Waals surface area contributed by atoms with E-state index in [9.17, 15) is 19.5 Å². The molecule has 0 aromatic heterocycles. The minimum Gasteiger partial charge on any atom is -0.477 e. The number of hydrogen-bond donors (Lipinski definition) is 2. The van der Waals surface area contributed by atoms with Gasteiger partial charge in [0.15, 0.2) is 0 Å². The van der Waals surface area contributed by atoms with Gasteiger partial charge in [0.05, 0.1) is 11.4 Å². The molecular formula is C11H16N2O5S. The van der Waals surface area contributed by atoms with Crippen molar-refractivity contribution in [1.82, 2.24) is 4.90 Å². The Morgan fingerprint density at radius 2 is 2.32 bits per heavy atom. The average Bonchev–Trinajstić information content (AvgIpc) is 2.34. The van der Waals surface area contributed by atoms with Gasteiger partial charge < -0.3 is 25.3 Å². The molecule has 1 heterocycles. The molecule has 0 saturated carbocycles.